The summed E-state index contributed by atoms with van der Waals surface area (Å²) < 4.78 is 7.59. The molecule has 2 aliphatic heterocycles. The average Bonchev–Trinajstić information content (AvgIpc) is 3.44. The molecule has 5 rings (SSSR count). The van der Waals surface area contributed by atoms with Crippen molar-refractivity contribution in [3.05, 3.63) is 11.8 Å². The zero-order valence-corrected chi connectivity index (χ0v) is 13.6. The zero-order chi connectivity index (χ0) is 15.6. The minimum atomic E-state index is 0.0541. The molecular formula is C17H24N4O2. The van der Waals surface area contributed by atoms with Crippen LogP contribution in [-0.2, 0) is 4.74 Å². The lowest BCUT2D eigenvalue weighted by atomic mass is 9.96. The number of amides is 1. The minimum Gasteiger partial charge on any atom is -0.377 e. The summed E-state index contributed by atoms with van der Waals surface area (Å²) in [6.07, 6.45) is 5.04. The third kappa shape index (κ3) is 2.26. The Morgan fingerprint density at radius 1 is 1.26 bits per heavy atom. The van der Waals surface area contributed by atoms with E-state index in [2.05, 4.69) is 21.8 Å². The Bertz CT molecular complexity index is 635. The van der Waals surface area contributed by atoms with Gasteiger partial charge in [-0.1, -0.05) is 0 Å². The van der Waals surface area contributed by atoms with Crippen molar-refractivity contribution >= 4 is 11.7 Å². The van der Waals surface area contributed by atoms with Gasteiger partial charge in [0.1, 0.15) is 5.69 Å². The van der Waals surface area contributed by atoms with Crippen LogP contribution in [0.5, 0.6) is 0 Å². The lowest BCUT2D eigenvalue weighted by Crippen LogP contribution is -2.49. The van der Waals surface area contributed by atoms with Gasteiger partial charge in [0, 0.05) is 12.6 Å². The molecule has 1 aromatic heterocycles. The number of nitrogens with zero attached hydrogens (tertiary/aromatic N) is 3. The molecular weight excluding hydrogens is 292 g/mol. The highest BCUT2D eigenvalue weighted by molar-refractivity contribution is 5.94. The number of anilines is 1. The van der Waals surface area contributed by atoms with Gasteiger partial charge in [0.15, 0.2) is 5.82 Å². The van der Waals surface area contributed by atoms with E-state index in [-0.39, 0.29) is 11.9 Å². The first-order valence-electron chi connectivity index (χ1n) is 8.97. The molecule has 2 aliphatic carbocycles. The minimum absolute atomic E-state index is 0.0541. The number of fused-ring (bicyclic) bond motifs is 1. The number of morpholine rings is 1. The predicted molar refractivity (Wildman–Crippen MR) is 85.6 cm³/mol. The van der Waals surface area contributed by atoms with Crippen molar-refractivity contribution in [2.24, 2.45) is 11.8 Å². The molecule has 4 aliphatic rings. The standard InChI is InChI=1S/C17H24N4O2/c1-10-9-23-7-6-20(10)14-8-13-17(22)18-15(11-2-3-11)16(12-4-5-12)21(13)19-14/h8,10-12,15-16H,2-7,9H2,1H3,(H,18,22)/t10-,15+,16-/m1/s1. The number of nitrogens with one attached hydrogen (secondary N) is 1. The second-order valence-electron chi connectivity index (χ2n) is 7.61. The fourth-order valence-electron chi connectivity index (χ4n) is 4.23. The van der Waals surface area contributed by atoms with Gasteiger partial charge in [-0.3, -0.25) is 9.48 Å². The summed E-state index contributed by atoms with van der Waals surface area (Å²) in [5, 5.41) is 8.20. The molecule has 0 radical (unpaired) electrons. The Kier molecular flexibility index (Phi) is 2.99. The van der Waals surface area contributed by atoms with Crippen molar-refractivity contribution in [1.82, 2.24) is 15.1 Å². The van der Waals surface area contributed by atoms with Crippen LogP contribution in [0.4, 0.5) is 5.82 Å². The van der Waals surface area contributed by atoms with Crippen molar-refractivity contribution in [3.8, 4) is 0 Å². The molecule has 3 fully saturated rings. The number of aromatic nitrogens is 2. The molecule has 0 spiro atoms. The molecule has 6 heteroatoms. The van der Waals surface area contributed by atoms with Crippen molar-refractivity contribution in [3.63, 3.8) is 0 Å². The number of hydrogen-bond acceptors (Lipinski definition) is 4. The Morgan fingerprint density at radius 2 is 2.04 bits per heavy atom. The zero-order valence-electron chi connectivity index (χ0n) is 13.6. The summed E-state index contributed by atoms with van der Waals surface area (Å²) in [7, 11) is 0. The van der Waals surface area contributed by atoms with Crippen LogP contribution in [0.3, 0.4) is 0 Å². The quantitative estimate of drug-likeness (QED) is 0.920. The van der Waals surface area contributed by atoms with Crippen LogP contribution in [0.1, 0.15) is 49.1 Å². The maximum atomic E-state index is 12.6. The largest absolute Gasteiger partial charge is 0.377 e. The van der Waals surface area contributed by atoms with Gasteiger partial charge < -0.3 is 15.0 Å². The molecule has 1 aromatic rings. The highest BCUT2D eigenvalue weighted by Crippen LogP contribution is 2.49. The molecule has 3 atom stereocenters. The number of ether oxygens (including phenoxy) is 1. The highest BCUT2D eigenvalue weighted by Gasteiger charge is 2.49. The van der Waals surface area contributed by atoms with E-state index in [9.17, 15) is 4.79 Å². The maximum Gasteiger partial charge on any atom is 0.269 e. The Morgan fingerprint density at radius 3 is 2.74 bits per heavy atom. The fraction of sp³-hybridized carbons (Fsp3) is 0.765. The van der Waals surface area contributed by atoms with E-state index < -0.39 is 0 Å². The van der Waals surface area contributed by atoms with Crippen LogP contribution >= 0.6 is 0 Å². The summed E-state index contributed by atoms with van der Waals surface area (Å²) in [6, 6.07) is 2.94. The highest BCUT2D eigenvalue weighted by atomic mass is 16.5. The summed E-state index contributed by atoms with van der Waals surface area (Å²) in [5.74, 6) is 2.34. The number of carbonyl (C=O) groups excluding carboxylic acids is 1. The van der Waals surface area contributed by atoms with Crippen LogP contribution in [0.25, 0.3) is 0 Å². The Hall–Kier alpha value is -1.56. The van der Waals surface area contributed by atoms with Crippen molar-refractivity contribution in [2.45, 2.75) is 50.7 Å². The third-order valence-electron chi connectivity index (χ3n) is 5.80. The Labute approximate surface area is 136 Å². The molecule has 0 aromatic carbocycles. The molecule has 1 amide bonds. The van der Waals surface area contributed by atoms with E-state index >= 15 is 0 Å². The van der Waals surface area contributed by atoms with Gasteiger partial charge in [0.05, 0.1) is 31.3 Å². The van der Waals surface area contributed by atoms with Gasteiger partial charge >= 0.3 is 0 Å². The van der Waals surface area contributed by atoms with Gasteiger partial charge in [-0.15, -0.1) is 0 Å². The summed E-state index contributed by atoms with van der Waals surface area (Å²) in [5.41, 5.74) is 0.743. The van der Waals surface area contributed by atoms with E-state index in [4.69, 9.17) is 9.84 Å². The van der Waals surface area contributed by atoms with Crippen LogP contribution in [0.2, 0.25) is 0 Å². The SMILES string of the molecule is C[C@@H]1COCCN1c1cc2n(n1)[C@H](C1CC1)[C@H](C1CC1)NC2=O. The summed E-state index contributed by atoms with van der Waals surface area (Å²) in [6.45, 7) is 4.46. The van der Waals surface area contributed by atoms with E-state index in [1.807, 2.05) is 6.07 Å². The van der Waals surface area contributed by atoms with E-state index in [1.165, 1.54) is 25.7 Å². The topological polar surface area (TPSA) is 59.4 Å². The van der Waals surface area contributed by atoms with E-state index in [0.29, 0.717) is 23.9 Å². The normalized spacial score (nSPS) is 34.2. The number of rotatable bonds is 3. The first-order valence-corrected chi connectivity index (χ1v) is 8.97. The smallest absolute Gasteiger partial charge is 0.269 e. The lowest BCUT2D eigenvalue weighted by Gasteiger charge is -2.34. The molecule has 1 saturated heterocycles. The van der Waals surface area contributed by atoms with Gasteiger partial charge in [-0.2, -0.15) is 5.10 Å². The molecule has 0 bridgehead atoms. The van der Waals surface area contributed by atoms with Crippen molar-refractivity contribution in [1.29, 1.82) is 0 Å². The molecule has 3 heterocycles. The molecule has 6 nitrogen and oxygen atoms in total. The molecule has 124 valence electrons. The monoisotopic (exact) mass is 316 g/mol. The number of carbonyl (C=O) groups is 1. The fourth-order valence-corrected chi connectivity index (χ4v) is 4.23. The van der Waals surface area contributed by atoms with Gasteiger partial charge in [0.25, 0.3) is 5.91 Å². The first kappa shape index (κ1) is 13.8. The number of hydrogen-bond donors (Lipinski definition) is 1. The first-order chi connectivity index (χ1) is 11.2. The molecule has 23 heavy (non-hydrogen) atoms. The van der Waals surface area contributed by atoms with Gasteiger partial charge in [0.2, 0.25) is 0 Å². The van der Waals surface area contributed by atoms with E-state index in [0.717, 1.165) is 31.3 Å². The van der Waals surface area contributed by atoms with Crippen LogP contribution in [-0.4, -0.2) is 47.5 Å². The molecule has 0 unspecified atom stereocenters. The summed E-state index contributed by atoms with van der Waals surface area (Å²) >= 11 is 0. The van der Waals surface area contributed by atoms with Gasteiger partial charge in [-0.25, -0.2) is 0 Å². The predicted octanol–water partition coefficient (Wildman–Crippen LogP) is 1.58. The third-order valence-corrected chi connectivity index (χ3v) is 5.80. The van der Waals surface area contributed by atoms with Crippen LogP contribution in [0.15, 0.2) is 6.07 Å². The van der Waals surface area contributed by atoms with Gasteiger partial charge in [-0.05, 0) is 44.4 Å². The average molecular weight is 316 g/mol. The van der Waals surface area contributed by atoms with Crippen LogP contribution in [0, 0.1) is 11.8 Å². The van der Waals surface area contributed by atoms with E-state index in [1.54, 1.807) is 0 Å². The maximum absolute atomic E-state index is 12.6. The summed E-state index contributed by atoms with van der Waals surface area (Å²) in [4.78, 5) is 14.9. The second kappa shape index (κ2) is 4.97. The van der Waals surface area contributed by atoms with Crippen molar-refractivity contribution in [2.75, 3.05) is 24.7 Å². The second-order valence-corrected chi connectivity index (χ2v) is 7.61. The molecule has 2 saturated carbocycles. The Balaban J connectivity index is 1.52. The van der Waals surface area contributed by atoms with Crippen LogP contribution < -0.4 is 10.2 Å². The van der Waals surface area contributed by atoms with Crippen molar-refractivity contribution < 1.29 is 9.53 Å². The lowest BCUT2D eigenvalue weighted by molar-refractivity contribution is 0.0844. The molecule has 1 N–H and O–H groups in total.